The maximum atomic E-state index is 10.6. The van der Waals surface area contributed by atoms with Gasteiger partial charge in [0.05, 0.1) is 24.8 Å². The lowest BCUT2D eigenvalue weighted by Crippen LogP contribution is -2.60. The molecule has 2 aromatic carbocycles. The summed E-state index contributed by atoms with van der Waals surface area (Å²) in [5.41, 5.74) is 0.0851. The lowest BCUT2D eigenvalue weighted by molar-refractivity contribution is -0.295. The maximum absolute atomic E-state index is 10.6. The fourth-order valence-corrected chi connectivity index (χ4v) is 5.08. The molecule has 2 aromatic rings. The van der Waals surface area contributed by atoms with Crippen LogP contribution < -0.4 is 4.74 Å². The van der Waals surface area contributed by atoms with Crippen molar-refractivity contribution in [2.24, 2.45) is 0 Å². The second-order valence-electron chi connectivity index (χ2n) is 10.5. The van der Waals surface area contributed by atoms with Gasteiger partial charge in [0.1, 0.15) is 65.9 Å². The van der Waals surface area contributed by atoms with Gasteiger partial charge in [-0.1, -0.05) is 0 Å². The zero-order chi connectivity index (χ0) is 32.0. The summed E-state index contributed by atoms with van der Waals surface area (Å²) in [6, 6.07) is 4.39. The predicted octanol–water partition coefficient (Wildman–Crippen LogP) is -3.16. The first-order valence-electron chi connectivity index (χ1n) is 13.3. The van der Waals surface area contributed by atoms with Gasteiger partial charge in [-0.25, -0.2) is 0 Å². The van der Waals surface area contributed by atoms with E-state index in [1.807, 2.05) is 0 Å². The minimum absolute atomic E-state index is 0.0165. The summed E-state index contributed by atoms with van der Waals surface area (Å²) < 4.78 is 27.0. The van der Waals surface area contributed by atoms with Crippen molar-refractivity contribution >= 4 is 6.08 Å². The average Bonchev–Trinajstić information content (AvgIpc) is 2.99. The van der Waals surface area contributed by atoms with Crippen LogP contribution >= 0.6 is 0 Å². The average molecular weight is 630 g/mol. The topological polar surface area (TPSA) is 292 Å². The van der Waals surface area contributed by atoms with Crippen LogP contribution in [0.4, 0.5) is 0 Å². The van der Waals surface area contributed by atoms with Crippen molar-refractivity contribution in [3.63, 3.8) is 0 Å². The van der Waals surface area contributed by atoms with Crippen LogP contribution in [0.3, 0.4) is 0 Å². The highest BCUT2D eigenvalue weighted by Gasteiger charge is 2.48. The third-order valence-electron chi connectivity index (χ3n) is 7.53. The molecule has 11 atom stereocenters. The van der Waals surface area contributed by atoms with Gasteiger partial charge in [0.15, 0.2) is 23.0 Å². The molecule has 5 rings (SSSR count). The summed E-state index contributed by atoms with van der Waals surface area (Å²) in [7, 11) is 0. The first-order valence-corrected chi connectivity index (χ1v) is 13.3. The molecule has 44 heavy (non-hydrogen) atoms. The molecule has 17 nitrogen and oxygen atoms in total. The molecular formula is C27H33O17+. The van der Waals surface area contributed by atoms with Gasteiger partial charge in [-0.15, -0.1) is 0 Å². The van der Waals surface area contributed by atoms with Crippen LogP contribution in [0.5, 0.6) is 34.5 Å². The number of benzene rings is 2. The van der Waals surface area contributed by atoms with Crippen molar-refractivity contribution in [2.75, 3.05) is 13.2 Å². The molecule has 0 aromatic heterocycles. The van der Waals surface area contributed by atoms with Gasteiger partial charge in [-0.05, 0) is 12.1 Å². The van der Waals surface area contributed by atoms with Gasteiger partial charge >= 0.3 is 0 Å². The van der Waals surface area contributed by atoms with Crippen molar-refractivity contribution in [3.8, 4) is 34.5 Å². The molecular weight excluding hydrogens is 596 g/mol. The zero-order valence-corrected chi connectivity index (χ0v) is 22.6. The van der Waals surface area contributed by atoms with E-state index >= 15 is 0 Å². The normalized spacial score (nSPS) is 35.3. The number of aromatic hydroxyl groups is 5. The van der Waals surface area contributed by atoms with E-state index in [-0.39, 0.29) is 28.4 Å². The van der Waals surface area contributed by atoms with Gasteiger partial charge in [-0.3, -0.25) is 0 Å². The minimum atomic E-state index is -1.85. The Hall–Kier alpha value is -3.62. The molecule has 0 saturated carbocycles. The molecule has 0 amide bonds. The number of hydrogen-bond acceptors (Lipinski definition) is 16. The fourth-order valence-electron chi connectivity index (χ4n) is 5.08. The number of aliphatic hydroxyl groups is 9. The highest BCUT2D eigenvalue weighted by atomic mass is 16.7. The van der Waals surface area contributed by atoms with Crippen LogP contribution in [-0.4, -0.2) is 141 Å². The van der Waals surface area contributed by atoms with Gasteiger partial charge in [0.2, 0.25) is 12.6 Å². The molecule has 0 spiro atoms. The summed E-state index contributed by atoms with van der Waals surface area (Å²) in [5, 5.41) is 121. The van der Waals surface area contributed by atoms with Crippen molar-refractivity contribution < 1.29 is 85.0 Å². The predicted molar refractivity (Wildman–Crippen MR) is 141 cm³/mol. The number of rotatable bonds is 7. The van der Waals surface area contributed by atoms with Crippen LogP contribution in [-0.2, 0) is 14.2 Å². The lowest BCUT2D eigenvalue weighted by atomic mass is 9.98. The Morgan fingerprint density at radius 2 is 1.18 bits per heavy atom. The molecule has 3 heterocycles. The number of hydrogen-bond donors (Lipinski definition) is 12. The van der Waals surface area contributed by atoms with E-state index in [2.05, 4.69) is 4.74 Å². The van der Waals surface area contributed by atoms with E-state index in [0.29, 0.717) is 0 Å². The number of ether oxygens (including phenoxy) is 5. The van der Waals surface area contributed by atoms with Crippen LogP contribution in [0.25, 0.3) is 6.08 Å². The zero-order valence-electron chi connectivity index (χ0n) is 22.6. The monoisotopic (exact) mass is 629 g/mol. The summed E-state index contributed by atoms with van der Waals surface area (Å²) in [6.07, 6.45) is -16.6. The number of phenolic OH excluding ortho intramolecular Hbond substituents is 4. The SMILES string of the molecule is OCC1O[C@@H](OC2=Cc3c(O[C@@H]4OC(CO)[C@@H](O)[C@H](O)C4O)cc(O)cc3[OH+]C2c2cc(O)c(O)c(O)c2)C(O)C(O)[C@@H]1O. The van der Waals surface area contributed by atoms with Gasteiger partial charge < -0.3 is 85.0 Å². The molecule has 17 heteroatoms. The molecule has 13 N–H and O–H groups in total. The van der Waals surface area contributed by atoms with E-state index < -0.39 is 104 Å². The standard InChI is InChI=1S/C27H32O17/c28-6-16-19(34)21(36)23(38)26(43-16)41-14-4-9(30)3-13-10(14)5-15(25(40-13)8-1-11(31)18(33)12(32)2-8)42-27-24(39)22(37)20(35)17(7-29)44-27/h1-5,16-17,19-39H,6-7H2/p+1/t16?,17?,19-,20-,21+,22?,23?,24?,25?,26-,27-/m1/s1. The Labute approximate surface area is 247 Å². The van der Waals surface area contributed by atoms with Gasteiger partial charge in [0.25, 0.3) is 11.9 Å². The summed E-state index contributed by atoms with van der Waals surface area (Å²) in [4.78, 5) is 0. The van der Waals surface area contributed by atoms with Crippen LogP contribution in [0.15, 0.2) is 30.0 Å². The Bertz CT molecular complexity index is 1360. The highest BCUT2D eigenvalue weighted by Crippen LogP contribution is 2.48. The van der Waals surface area contributed by atoms with Crippen molar-refractivity contribution in [2.45, 2.75) is 67.5 Å². The summed E-state index contributed by atoms with van der Waals surface area (Å²) in [5.74, 6) is -3.06. The van der Waals surface area contributed by atoms with Crippen molar-refractivity contribution in [1.82, 2.24) is 0 Å². The third-order valence-corrected chi connectivity index (χ3v) is 7.53. The Balaban J connectivity index is 1.56. The fraction of sp³-hybridized carbons (Fsp3) is 0.481. The molecule has 0 radical (unpaired) electrons. The molecule has 2 fully saturated rings. The van der Waals surface area contributed by atoms with E-state index in [4.69, 9.17) is 18.9 Å². The van der Waals surface area contributed by atoms with E-state index in [1.54, 1.807) is 0 Å². The van der Waals surface area contributed by atoms with Crippen LogP contribution in [0.2, 0.25) is 0 Å². The molecule has 0 aliphatic carbocycles. The first-order chi connectivity index (χ1) is 20.8. The molecule has 2 saturated heterocycles. The largest absolute Gasteiger partial charge is 0.571 e. The first kappa shape index (κ1) is 31.8. The van der Waals surface area contributed by atoms with E-state index in [1.165, 1.54) is 12.1 Å². The third kappa shape index (κ3) is 5.77. The van der Waals surface area contributed by atoms with Crippen LogP contribution in [0, 0.1) is 0 Å². The molecule has 3 aliphatic heterocycles. The number of aliphatic hydroxyl groups excluding tert-OH is 8. The van der Waals surface area contributed by atoms with Gasteiger partial charge in [0, 0.05) is 12.1 Å². The quantitative estimate of drug-likeness (QED) is 0.106. The molecule has 6 unspecified atom stereocenters. The van der Waals surface area contributed by atoms with Crippen LogP contribution in [0.1, 0.15) is 17.2 Å². The second kappa shape index (κ2) is 12.4. The van der Waals surface area contributed by atoms with E-state index in [9.17, 15) is 61.3 Å². The molecule has 3 aliphatic rings. The smallest absolute Gasteiger partial charge is 0.270 e. The number of fused-ring (bicyclic) bond motifs is 1. The maximum Gasteiger partial charge on any atom is 0.270 e. The molecule has 0 bridgehead atoms. The minimum Gasteiger partial charge on any atom is -0.571 e. The Morgan fingerprint density at radius 1 is 0.659 bits per heavy atom. The second-order valence-corrected chi connectivity index (χ2v) is 10.5. The highest BCUT2D eigenvalue weighted by molar-refractivity contribution is 5.70. The van der Waals surface area contributed by atoms with Crippen molar-refractivity contribution in [1.29, 1.82) is 0 Å². The van der Waals surface area contributed by atoms with Crippen molar-refractivity contribution in [3.05, 3.63) is 41.2 Å². The summed E-state index contributed by atoms with van der Waals surface area (Å²) in [6.45, 7) is -1.49. The Morgan fingerprint density at radius 3 is 1.70 bits per heavy atom. The lowest BCUT2D eigenvalue weighted by Gasteiger charge is -2.40. The Kier molecular flexibility index (Phi) is 8.96. The van der Waals surface area contributed by atoms with Gasteiger partial charge in [-0.2, -0.15) is 0 Å². The number of phenols is 4. The summed E-state index contributed by atoms with van der Waals surface area (Å²) >= 11 is 0. The molecule has 242 valence electrons. The van der Waals surface area contributed by atoms with E-state index in [0.717, 1.165) is 18.2 Å².